The van der Waals surface area contributed by atoms with E-state index in [9.17, 15) is 9.59 Å². The van der Waals surface area contributed by atoms with Gasteiger partial charge in [0.1, 0.15) is 5.75 Å². The minimum Gasteiger partial charge on any atom is -0.497 e. The predicted octanol–water partition coefficient (Wildman–Crippen LogP) is 2.29. The minimum absolute atomic E-state index is 0.134. The molecule has 29 heavy (non-hydrogen) atoms. The smallest absolute Gasteiger partial charge is 0.289 e. The molecule has 3 aromatic rings. The number of aryl methyl sites for hydroxylation is 1. The van der Waals surface area contributed by atoms with E-state index in [1.54, 1.807) is 39.8 Å². The van der Waals surface area contributed by atoms with Crippen LogP contribution in [0.4, 0.5) is 0 Å². The first-order valence-corrected chi connectivity index (χ1v) is 9.37. The van der Waals surface area contributed by atoms with E-state index in [4.69, 9.17) is 9.15 Å². The van der Waals surface area contributed by atoms with Crippen molar-refractivity contribution in [2.45, 2.75) is 0 Å². The number of aromatic nitrogens is 2. The highest BCUT2D eigenvalue weighted by Crippen LogP contribution is 2.23. The van der Waals surface area contributed by atoms with Crippen LogP contribution in [0.2, 0.25) is 0 Å². The molecule has 0 saturated carbocycles. The highest BCUT2D eigenvalue weighted by molar-refractivity contribution is 5.94. The lowest BCUT2D eigenvalue weighted by atomic mass is 10.1. The van der Waals surface area contributed by atoms with Crippen molar-refractivity contribution in [2.75, 3.05) is 33.3 Å². The monoisotopic (exact) mass is 394 g/mol. The molecule has 2 aromatic heterocycles. The molecule has 0 spiro atoms. The fourth-order valence-electron chi connectivity index (χ4n) is 3.43. The van der Waals surface area contributed by atoms with Gasteiger partial charge in [0, 0.05) is 38.8 Å². The Labute approximate surface area is 168 Å². The van der Waals surface area contributed by atoms with Crippen LogP contribution in [0.1, 0.15) is 21.0 Å². The molecule has 0 atom stereocenters. The Morgan fingerprint density at radius 2 is 1.66 bits per heavy atom. The third-order valence-corrected chi connectivity index (χ3v) is 5.07. The van der Waals surface area contributed by atoms with Crippen LogP contribution in [0.5, 0.6) is 5.75 Å². The molecule has 1 aromatic carbocycles. The summed E-state index contributed by atoms with van der Waals surface area (Å²) in [6.07, 6.45) is 1.48. The average Bonchev–Trinajstić information content (AvgIpc) is 3.43. The van der Waals surface area contributed by atoms with Gasteiger partial charge in [0.25, 0.3) is 11.8 Å². The first-order valence-electron chi connectivity index (χ1n) is 9.37. The predicted molar refractivity (Wildman–Crippen MR) is 106 cm³/mol. The summed E-state index contributed by atoms with van der Waals surface area (Å²) < 4.78 is 12.1. The molecule has 4 rings (SSSR count). The van der Waals surface area contributed by atoms with Crippen molar-refractivity contribution in [3.63, 3.8) is 0 Å². The Balaban J connectivity index is 1.43. The molecule has 2 amide bonds. The van der Waals surface area contributed by atoms with E-state index in [2.05, 4.69) is 5.10 Å². The Hall–Kier alpha value is -3.55. The highest BCUT2D eigenvalue weighted by Gasteiger charge is 2.28. The molecule has 1 aliphatic heterocycles. The Kier molecular flexibility index (Phi) is 5.07. The van der Waals surface area contributed by atoms with Gasteiger partial charge in [-0.1, -0.05) is 0 Å². The molecule has 0 aliphatic carbocycles. The fraction of sp³-hybridized carbons (Fsp3) is 0.286. The Morgan fingerprint density at radius 3 is 2.24 bits per heavy atom. The summed E-state index contributed by atoms with van der Waals surface area (Å²) in [6.45, 7) is 1.84. The lowest BCUT2D eigenvalue weighted by Gasteiger charge is -2.33. The van der Waals surface area contributed by atoms with Gasteiger partial charge >= 0.3 is 0 Å². The van der Waals surface area contributed by atoms with Crippen LogP contribution in [0, 0.1) is 0 Å². The number of carbonyl (C=O) groups is 2. The molecule has 1 saturated heterocycles. The fourth-order valence-corrected chi connectivity index (χ4v) is 3.43. The molecule has 0 radical (unpaired) electrons. The van der Waals surface area contributed by atoms with Gasteiger partial charge in [0.05, 0.1) is 19.1 Å². The summed E-state index contributed by atoms with van der Waals surface area (Å²) in [7, 11) is 3.44. The molecule has 0 N–H and O–H groups in total. The van der Waals surface area contributed by atoms with Gasteiger partial charge in [0.15, 0.2) is 11.5 Å². The lowest BCUT2D eigenvalue weighted by molar-refractivity contribution is 0.0515. The second-order valence-electron chi connectivity index (χ2n) is 6.83. The molecule has 150 valence electrons. The van der Waals surface area contributed by atoms with Crippen LogP contribution >= 0.6 is 0 Å². The van der Waals surface area contributed by atoms with Crippen molar-refractivity contribution in [1.82, 2.24) is 19.6 Å². The number of nitrogens with zero attached hydrogens (tertiary/aromatic N) is 4. The summed E-state index contributed by atoms with van der Waals surface area (Å²) in [6, 6.07) is 12.7. The van der Waals surface area contributed by atoms with Gasteiger partial charge in [-0.25, -0.2) is 0 Å². The van der Waals surface area contributed by atoms with Crippen molar-refractivity contribution in [1.29, 1.82) is 0 Å². The van der Waals surface area contributed by atoms with Gasteiger partial charge in [0.2, 0.25) is 0 Å². The molecule has 8 nitrogen and oxygen atoms in total. The number of furan rings is 1. The lowest BCUT2D eigenvalue weighted by Crippen LogP contribution is -2.50. The van der Waals surface area contributed by atoms with E-state index >= 15 is 0 Å². The van der Waals surface area contributed by atoms with E-state index in [-0.39, 0.29) is 11.8 Å². The maximum absolute atomic E-state index is 12.9. The van der Waals surface area contributed by atoms with Crippen LogP contribution in [-0.4, -0.2) is 64.7 Å². The molecular formula is C21H22N4O4. The normalized spacial score (nSPS) is 14.1. The standard InChI is InChI=1S/C21H22N4O4/c1-23-18(15-5-7-16(28-2)8-6-15)14-17(22-23)20(26)24-9-11-25(12-10-24)21(27)19-4-3-13-29-19/h3-8,13-14H,9-12H2,1-2H3. The van der Waals surface area contributed by atoms with Crippen LogP contribution in [0.25, 0.3) is 11.3 Å². The second kappa shape index (κ2) is 7.83. The summed E-state index contributed by atoms with van der Waals surface area (Å²) in [5.74, 6) is 0.806. The zero-order valence-corrected chi connectivity index (χ0v) is 16.4. The second-order valence-corrected chi connectivity index (χ2v) is 6.83. The van der Waals surface area contributed by atoms with Gasteiger partial charge in [-0.15, -0.1) is 0 Å². The minimum atomic E-state index is -0.151. The SMILES string of the molecule is COc1ccc(-c2cc(C(=O)N3CCN(C(=O)c4ccco4)CC3)nn2C)cc1. The molecule has 0 bridgehead atoms. The first-order chi connectivity index (χ1) is 14.1. The number of hydrogen-bond acceptors (Lipinski definition) is 5. The largest absolute Gasteiger partial charge is 0.497 e. The summed E-state index contributed by atoms with van der Waals surface area (Å²) in [4.78, 5) is 28.7. The van der Waals surface area contributed by atoms with Crippen LogP contribution < -0.4 is 4.74 Å². The molecule has 0 unspecified atom stereocenters. The maximum atomic E-state index is 12.9. The van der Waals surface area contributed by atoms with Crippen LogP contribution in [0.15, 0.2) is 53.1 Å². The highest BCUT2D eigenvalue weighted by atomic mass is 16.5. The van der Waals surface area contributed by atoms with Gasteiger partial charge in [-0.3, -0.25) is 14.3 Å². The van der Waals surface area contributed by atoms with E-state index in [0.717, 1.165) is 17.0 Å². The third kappa shape index (κ3) is 3.73. The zero-order valence-electron chi connectivity index (χ0n) is 16.4. The quantitative estimate of drug-likeness (QED) is 0.678. The van der Waals surface area contributed by atoms with E-state index in [1.165, 1.54) is 6.26 Å². The van der Waals surface area contributed by atoms with Crippen molar-refractivity contribution >= 4 is 11.8 Å². The third-order valence-electron chi connectivity index (χ3n) is 5.07. The number of amides is 2. The molecular weight excluding hydrogens is 372 g/mol. The maximum Gasteiger partial charge on any atom is 0.289 e. The van der Waals surface area contributed by atoms with Gasteiger partial charge in [-0.2, -0.15) is 5.10 Å². The number of methoxy groups -OCH3 is 1. The van der Waals surface area contributed by atoms with E-state index < -0.39 is 0 Å². The number of carbonyl (C=O) groups excluding carboxylic acids is 2. The number of piperazine rings is 1. The van der Waals surface area contributed by atoms with Crippen LogP contribution in [0.3, 0.4) is 0 Å². The number of ether oxygens (including phenoxy) is 1. The number of benzene rings is 1. The van der Waals surface area contributed by atoms with Crippen molar-refractivity contribution in [3.8, 4) is 17.0 Å². The molecule has 8 heteroatoms. The summed E-state index contributed by atoms with van der Waals surface area (Å²) >= 11 is 0. The molecule has 1 aliphatic rings. The average molecular weight is 394 g/mol. The van der Waals surface area contributed by atoms with E-state index in [1.807, 2.05) is 31.3 Å². The van der Waals surface area contributed by atoms with Crippen molar-refractivity contribution in [3.05, 3.63) is 60.2 Å². The van der Waals surface area contributed by atoms with Gasteiger partial charge < -0.3 is 19.0 Å². The number of hydrogen-bond donors (Lipinski definition) is 0. The molecule has 1 fully saturated rings. The Bertz CT molecular complexity index is 1000. The van der Waals surface area contributed by atoms with Crippen LogP contribution in [-0.2, 0) is 7.05 Å². The Morgan fingerprint density at radius 1 is 1.00 bits per heavy atom. The topological polar surface area (TPSA) is 80.8 Å². The van der Waals surface area contributed by atoms with Crippen molar-refractivity contribution in [2.24, 2.45) is 7.05 Å². The summed E-state index contributed by atoms with van der Waals surface area (Å²) in [5, 5.41) is 4.40. The van der Waals surface area contributed by atoms with Gasteiger partial charge in [-0.05, 0) is 42.5 Å². The molecule has 3 heterocycles. The number of rotatable bonds is 4. The zero-order chi connectivity index (χ0) is 20.4. The van der Waals surface area contributed by atoms with Crippen molar-refractivity contribution < 1.29 is 18.7 Å². The summed E-state index contributed by atoms with van der Waals surface area (Å²) in [5.41, 5.74) is 2.19. The van der Waals surface area contributed by atoms with E-state index in [0.29, 0.717) is 37.6 Å². The first kappa shape index (κ1) is 18.8.